The lowest BCUT2D eigenvalue weighted by molar-refractivity contribution is -0.136. The maximum absolute atomic E-state index is 13.8. The van der Waals surface area contributed by atoms with Gasteiger partial charge < -0.3 is 14.1 Å². The van der Waals surface area contributed by atoms with Crippen LogP contribution in [0.2, 0.25) is 5.02 Å². The SMILES string of the molecule is COC(=O)C1=C(C)N(Cc2ccc(C)cc2)C(=O)/C1=C/c1ccc(CN(Cc2ccc(Cl)cc2)S(=O)(=O)c2ccc(C)cc2)o1. The third-order valence-corrected chi connectivity index (χ3v) is 9.65. The van der Waals surface area contributed by atoms with Gasteiger partial charge in [0.2, 0.25) is 10.0 Å². The Bertz CT molecular complexity index is 1890. The summed E-state index contributed by atoms with van der Waals surface area (Å²) in [5, 5.41) is 0.546. The standard InChI is InChI=1S/C35H33ClN2O6S/c1-23-5-9-27(10-6-23)21-38-25(3)33(35(40)43-4)32(34(38)39)19-29-15-16-30(44-29)22-37(20-26-11-13-28(36)14-12-26)45(41,42)31-17-7-24(2)8-18-31/h5-19H,20-22H2,1-4H3/b32-19+. The molecule has 5 rings (SSSR count). The van der Waals surface area contributed by atoms with Gasteiger partial charge in [0.15, 0.2) is 0 Å². The molecule has 4 aromatic rings. The van der Waals surface area contributed by atoms with Crippen LogP contribution in [0.1, 0.15) is 40.7 Å². The highest BCUT2D eigenvalue weighted by Crippen LogP contribution is 2.33. The molecule has 1 aliphatic rings. The van der Waals surface area contributed by atoms with Crippen LogP contribution in [0.4, 0.5) is 0 Å². The van der Waals surface area contributed by atoms with E-state index in [-0.39, 0.29) is 41.6 Å². The Labute approximate surface area is 268 Å². The van der Waals surface area contributed by atoms with Crippen molar-refractivity contribution in [2.45, 2.75) is 45.3 Å². The molecule has 45 heavy (non-hydrogen) atoms. The summed E-state index contributed by atoms with van der Waals surface area (Å²) in [6.07, 6.45) is 1.49. The lowest BCUT2D eigenvalue weighted by Crippen LogP contribution is -2.30. The number of hydrogen-bond acceptors (Lipinski definition) is 6. The number of furan rings is 1. The maximum Gasteiger partial charge on any atom is 0.340 e. The van der Waals surface area contributed by atoms with Crippen molar-refractivity contribution >= 4 is 39.6 Å². The van der Waals surface area contributed by atoms with Crippen LogP contribution in [0.25, 0.3) is 6.08 Å². The number of carbonyl (C=O) groups excluding carboxylic acids is 2. The highest BCUT2D eigenvalue weighted by atomic mass is 35.5. The highest BCUT2D eigenvalue weighted by Gasteiger charge is 2.37. The van der Waals surface area contributed by atoms with Crippen LogP contribution in [0.3, 0.4) is 0 Å². The summed E-state index contributed by atoms with van der Waals surface area (Å²) in [6.45, 7) is 5.86. The van der Waals surface area contributed by atoms with Crippen LogP contribution >= 0.6 is 11.6 Å². The van der Waals surface area contributed by atoms with Gasteiger partial charge in [-0.2, -0.15) is 4.31 Å². The molecule has 0 aliphatic carbocycles. The molecule has 1 amide bonds. The molecule has 1 aromatic heterocycles. The monoisotopic (exact) mass is 644 g/mol. The highest BCUT2D eigenvalue weighted by molar-refractivity contribution is 7.89. The normalized spacial score (nSPS) is 14.6. The molecule has 0 saturated carbocycles. The number of sulfonamides is 1. The molecule has 0 fully saturated rings. The lowest BCUT2D eigenvalue weighted by Gasteiger charge is -2.21. The van der Waals surface area contributed by atoms with E-state index in [4.69, 9.17) is 20.8 Å². The second-order valence-electron chi connectivity index (χ2n) is 10.9. The van der Waals surface area contributed by atoms with Gasteiger partial charge >= 0.3 is 5.97 Å². The van der Waals surface area contributed by atoms with Crippen molar-refractivity contribution in [3.8, 4) is 0 Å². The fourth-order valence-electron chi connectivity index (χ4n) is 5.05. The molecule has 232 valence electrons. The number of carbonyl (C=O) groups is 2. The van der Waals surface area contributed by atoms with Crippen molar-refractivity contribution in [2.24, 2.45) is 0 Å². The number of allylic oxidation sites excluding steroid dienone is 1. The predicted molar refractivity (Wildman–Crippen MR) is 172 cm³/mol. The summed E-state index contributed by atoms with van der Waals surface area (Å²) in [5.41, 5.74) is 4.46. The van der Waals surface area contributed by atoms with E-state index in [1.165, 1.54) is 22.4 Å². The Morgan fingerprint density at radius 1 is 0.867 bits per heavy atom. The molecular weight excluding hydrogens is 612 g/mol. The van der Waals surface area contributed by atoms with Crippen molar-refractivity contribution < 1.29 is 27.2 Å². The zero-order valence-corrected chi connectivity index (χ0v) is 27.0. The number of benzene rings is 3. The Balaban J connectivity index is 1.45. The molecule has 0 atom stereocenters. The summed E-state index contributed by atoms with van der Waals surface area (Å²) < 4.78 is 39.9. The van der Waals surface area contributed by atoms with E-state index in [1.54, 1.807) is 67.6 Å². The second-order valence-corrected chi connectivity index (χ2v) is 13.3. The molecule has 10 heteroatoms. The minimum absolute atomic E-state index is 0.0748. The summed E-state index contributed by atoms with van der Waals surface area (Å²) >= 11 is 6.05. The second kappa shape index (κ2) is 13.3. The van der Waals surface area contributed by atoms with E-state index in [0.29, 0.717) is 22.2 Å². The summed E-state index contributed by atoms with van der Waals surface area (Å²) in [7, 11) is -2.66. The third-order valence-electron chi connectivity index (χ3n) is 7.59. The van der Waals surface area contributed by atoms with Gasteiger partial charge in [0.1, 0.15) is 11.5 Å². The zero-order chi connectivity index (χ0) is 32.3. The first kappa shape index (κ1) is 32.0. The van der Waals surface area contributed by atoms with Crippen molar-refractivity contribution in [3.05, 3.63) is 141 Å². The molecule has 0 bridgehead atoms. The number of ether oxygens (including phenoxy) is 1. The van der Waals surface area contributed by atoms with Crippen molar-refractivity contribution in [3.63, 3.8) is 0 Å². The molecule has 0 N–H and O–H groups in total. The number of aryl methyl sites for hydroxylation is 2. The number of rotatable bonds is 10. The largest absolute Gasteiger partial charge is 0.465 e. The Morgan fingerprint density at radius 2 is 1.47 bits per heavy atom. The van der Waals surface area contributed by atoms with Crippen LogP contribution in [-0.2, 0) is 44.0 Å². The van der Waals surface area contributed by atoms with Crippen LogP contribution in [-0.4, -0.2) is 36.6 Å². The van der Waals surface area contributed by atoms with Gasteiger partial charge in [-0.1, -0.05) is 71.3 Å². The average Bonchev–Trinajstić information content (AvgIpc) is 3.56. The molecule has 0 radical (unpaired) electrons. The molecule has 8 nitrogen and oxygen atoms in total. The number of hydrogen-bond donors (Lipinski definition) is 0. The Kier molecular flexibility index (Phi) is 9.43. The van der Waals surface area contributed by atoms with E-state index in [1.807, 2.05) is 38.1 Å². The van der Waals surface area contributed by atoms with Gasteiger partial charge in [0, 0.05) is 17.3 Å². The zero-order valence-electron chi connectivity index (χ0n) is 25.4. The fourth-order valence-corrected chi connectivity index (χ4v) is 6.57. The third kappa shape index (κ3) is 7.12. The quantitative estimate of drug-likeness (QED) is 0.139. The van der Waals surface area contributed by atoms with Crippen LogP contribution in [0.5, 0.6) is 0 Å². The van der Waals surface area contributed by atoms with E-state index in [0.717, 1.165) is 22.3 Å². The number of esters is 1. The fraction of sp³-hybridized carbons (Fsp3) is 0.200. The smallest absolute Gasteiger partial charge is 0.340 e. The molecule has 0 unspecified atom stereocenters. The van der Waals surface area contributed by atoms with E-state index < -0.39 is 16.0 Å². The van der Waals surface area contributed by atoms with Gasteiger partial charge in [-0.05, 0) is 74.4 Å². The summed E-state index contributed by atoms with van der Waals surface area (Å²) in [5.74, 6) is -0.353. The minimum atomic E-state index is -3.92. The molecule has 2 heterocycles. The van der Waals surface area contributed by atoms with Crippen molar-refractivity contribution in [1.29, 1.82) is 0 Å². The predicted octanol–water partition coefficient (Wildman–Crippen LogP) is 6.81. The Hall–Kier alpha value is -4.44. The minimum Gasteiger partial charge on any atom is -0.465 e. The van der Waals surface area contributed by atoms with Crippen LogP contribution < -0.4 is 0 Å². The number of methoxy groups -OCH3 is 1. The number of halogens is 1. The van der Waals surface area contributed by atoms with Gasteiger partial charge in [-0.25, -0.2) is 13.2 Å². The van der Waals surface area contributed by atoms with Crippen LogP contribution in [0, 0.1) is 13.8 Å². The van der Waals surface area contributed by atoms with E-state index in [2.05, 4.69) is 0 Å². The first-order chi connectivity index (χ1) is 21.5. The summed E-state index contributed by atoms with van der Waals surface area (Å²) in [6, 6.07) is 24.7. The molecule has 0 spiro atoms. The van der Waals surface area contributed by atoms with Crippen molar-refractivity contribution in [2.75, 3.05) is 7.11 Å². The van der Waals surface area contributed by atoms with Crippen LogP contribution in [0.15, 0.2) is 111 Å². The van der Waals surface area contributed by atoms with E-state index >= 15 is 0 Å². The average molecular weight is 645 g/mol. The molecule has 1 aliphatic heterocycles. The molecule has 0 saturated heterocycles. The lowest BCUT2D eigenvalue weighted by atomic mass is 10.1. The Morgan fingerprint density at radius 3 is 2.09 bits per heavy atom. The van der Waals surface area contributed by atoms with Crippen molar-refractivity contribution in [1.82, 2.24) is 9.21 Å². The van der Waals surface area contributed by atoms with Gasteiger partial charge in [0.25, 0.3) is 5.91 Å². The molecule has 3 aromatic carbocycles. The van der Waals surface area contributed by atoms with Gasteiger partial charge in [-0.3, -0.25) is 4.79 Å². The van der Waals surface area contributed by atoms with Gasteiger partial charge in [-0.15, -0.1) is 0 Å². The van der Waals surface area contributed by atoms with Gasteiger partial charge in [0.05, 0.1) is 36.2 Å². The molecular formula is C35H33ClN2O6S. The topological polar surface area (TPSA) is 97.1 Å². The van der Waals surface area contributed by atoms with E-state index in [9.17, 15) is 18.0 Å². The number of nitrogens with zero attached hydrogens (tertiary/aromatic N) is 2. The maximum atomic E-state index is 13.8. The number of amides is 1. The first-order valence-electron chi connectivity index (χ1n) is 14.2. The summed E-state index contributed by atoms with van der Waals surface area (Å²) in [4.78, 5) is 28.1. The first-order valence-corrected chi connectivity index (χ1v) is 16.1.